The monoisotopic (exact) mass is 373 g/mol. The Kier molecular flexibility index (Phi) is 7.48. The van der Waals surface area contributed by atoms with Crippen LogP contribution in [-0.2, 0) is 22.6 Å². The molecule has 2 aromatic rings. The normalized spacial score (nSPS) is 10.3. The SMILES string of the molecule is CN(C)c1ccc(CCCNC(=O)C(=O)NCc2ccc(Cl)cc2)cc1. The second-order valence-corrected chi connectivity index (χ2v) is 6.67. The molecule has 0 atom stereocenters. The molecule has 0 radical (unpaired) electrons. The van der Waals surface area contributed by atoms with Gasteiger partial charge in [0.1, 0.15) is 0 Å². The van der Waals surface area contributed by atoms with Gasteiger partial charge < -0.3 is 15.5 Å². The molecule has 0 unspecified atom stereocenters. The first-order valence-electron chi connectivity index (χ1n) is 8.52. The van der Waals surface area contributed by atoms with Gasteiger partial charge in [-0.05, 0) is 48.2 Å². The summed E-state index contributed by atoms with van der Waals surface area (Å²) in [5, 5.41) is 5.88. The number of nitrogens with zero attached hydrogens (tertiary/aromatic N) is 1. The Morgan fingerprint density at radius 1 is 0.885 bits per heavy atom. The minimum atomic E-state index is -0.629. The molecule has 0 saturated heterocycles. The molecular weight excluding hydrogens is 350 g/mol. The van der Waals surface area contributed by atoms with Crippen LogP contribution in [0.3, 0.4) is 0 Å². The highest BCUT2D eigenvalue weighted by Gasteiger charge is 2.12. The maximum absolute atomic E-state index is 11.8. The van der Waals surface area contributed by atoms with Crippen molar-refractivity contribution in [1.29, 1.82) is 0 Å². The summed E-state index contributed by atoms with van der Waals surface area (Å²) < 4.78 is 0. The molecular formula is C20H24ClN3O2. The number of carbonyl (C=O) groups excluding carboxylic acids is 2. The van der Waals surface area contributed by atoms with E-state index in [0.717, 1.165) is 24.1 Å². The lowest BCUT2D eigenvalue weighted by Crippen LogP contribution is -2.40. The largest absolute Gasteiger partial charge is 0.378 e. The summed E-state index contributed by atoms with van der Waals surface area (Å²) >= 11 is 5.81. The van der Waals surface area contributed by atoms with Crippen molar-refractivity contribution in [2.75, 3.05) is 25.5 Å². The zero-order valence-corrected chi connectivity index (χ0v) is 15.8. The van der Waals surface area contributed by atoms with E-state index in [0.29, 0.717) is 18.1 Å². The number of nitrogens with one attached hydrogen (secondary N) is 2. The predicted molar refractivity (Wildman–Crippen MR) is 105 cm³/mol. The van der Waals surface area contributed by atoms with Gasteiger partial charge in [0, 0.05) is 37.9 Å². The van der Waals surface area contributed by atoms with Crippen LogP contribution in [0.15, 0.2) is 48.5 Å². The lowest BCUT2D eigenvalue weighted by Gasteiger charge is -2.12. The molecule has 0 aliphatic heterocycles. The molecule has 0 fully saturated rings. The molecule has 0 aromatic heterocycles. The van der Waals surface area contributed by atoms with Gasteiger partial charge in [-0.25, -0.2) is 0 Å². The maximum Gasteiger partial charge on any atom is 0.309 e. The lowest BCUT2D eigenvalue weighted by molar-refractivity contribution is -0.139. The number of rotatable bonds is 7. The Hall–Kier alpha value is -2.53. The van der Waals surface area contributed by atoms with Gasteiger partial charge in [0.05, 0.1) is 0 Å². The first-order valence-corrected chi connectivity index (χ1v) is 8.90. The third-order valence-electron chi connectivity index (χ3n) is 3.95. The Balaban J connectivity index is 1.66. The molecule has 2 N–H and O–H groups in total. The maximum atomic E-state index is 11.8. The van der Waals surface area contributed by atoms with Crippen molar-refractivity contribution >= 4 is 29.1 Å². The number of hydrogen-bond donors (Lipinski definition) is 2. The number of amides is 2. The van der Waals surface area contributed by atoms with E-state index >= 15 is 0 Å². The topological polar surface area (TPSA) is 61.4 Å². The Labute approximate surface area is 159 Å². The zero-order valence-electron chi connectivity index (χ0n) is 15.1. The average Bonchev–Trinajstić information content (AvgIpc) is 2.64. The van der Waals surface area contributed by atoms with Crippen LogP contribution in [0.25, 0.3) is 0 Å². The van der Waals surface area contributed by atoms with E-state index in [4.69, 9.17) is 11.6 Å². The van der Waals surface area contributed by atoms with Crippen molar-refractivity contribution in [2.24, 2.45) is 0 Å². The summed E-state index contributed by atoms with van der Waals surface area (Å²) in [6.45, 7) is 0.754. The summed E-state index contributed by atoms with van der Waals surface area (Å²) in [4.78, 5) is 25.6. The van der Waals surface area contributed by atoms with E-state index in [1.807, 2.05) is 31.1 Å². The second-order valence-electron chi connectivity index (χ2n) is 6.23. The van der Waals surface area contributed by atoms with Crippen molar-refractivity contribution in [1.82, 2.24) is 10.6 Å². The molecule has 6 heteroatoms. The Morgan fingerprint density at radius 3 is 2.08 bits per heavy atom. The molecule has 2 aromatic carbocycles. The molecule has 138 valence electrons. The van der Waals surface area contributed by atoms with Crippen LogP contribution in [0.5, 0.6) is 0 Å². The first kappa shape index (κ1) is 19.8. The van der Waals surface area contributed by atoms with Gasteiger partial charge in [-0.2, -0.15) is 0 Å². The average molecular weight is 374 g/mol. The molecule has 0 spiro atoms. The highest BCUT2D eigenvalue weighted by Crippen LogP contribution is 2.13. The highest BCUT2D eigenvalue weighted by atomic mass is 35.5. The molecule has 0 heterocycles. The number of anilines is 1. The smallest absolute Gasteiger partial charge is 0.309 e. The lowest BCUT2D eigenvalue weighted by atomic mass is 10.1. The van der Waals surface area contributed by atoms with E-state index in [1.165, 1.54) is 5.56 Å². The number of hydrogen-bond acceptors (Lipinski definition) is 3. The van der Waals surface area contributed by atoms with Gasteiger partial charge in [0.25, 0.3) is 0 Å². The molecule has 2 rings (SSSR count). The van der Waals surface area contributed by atoms with E-state index in [1.54, 1.807) is 12.1 Å². The summed E-state index contributed by atoms with van der Waals surface area (Å²) in [5.74, 6) is -1.24. The van der Waals surface area contributed by atoms with Gasteiger partial charge in [-0.15, -0.1) is 0 Å². The van der Waals surface area contributed by atoms with Gasteiger partial charge in [-0.3, -0.25) is 9.59 Å². The van der Waals surface area contributed by atoms with Crippen molar-refractivity contribution in [3.8, 4) is 0 Å². The fraction of sp³-hybridized carbons (Fsp3) is 0.300. The van der Waals surface area contributed by atoms with Crippen LogP contribution in [0, 0.1) is 0 Å². The number of benzene rings is 2. The number of aryl methyl sites for hydroxylation is 1. The number of carbonyl (C=O) groups is 2. The van der Waals surface area contributed by atoms with E-state index in [2.05, 4.69) is 34.9 Å². The van der Waals surface area contributed by atoms with E-state index < -0.39 is 11.8 Å². The molecule has 0 bridgehead atoms. The van der Waals surface area contributed by atoms with Crippen LogP contribution in [0.4, 0.5) is 5.69 Å². The van der Waals surface area contributed by atoms with Gasteiger partial charge in [0.2, 0.25) is 0 Å². The van der Waals surface area contributed by atoms with E-state index in [-0.39, 0.29) is 0 Å². The zero-order chi connectivity index (χ0) is 18.9. The van der Waals surface area contributed by atoms with Crippen LogP contribution in [0.2, 0.25) is 5.02 Å². The summed E-state index contributed by atoms with van der Waals surface area (Å²) in [6.07, 6.45) is 1.62. The molecule has 26 heavy (non-hydrogen) atoms. The quantitative estimate of drug-likeness (QED) is 0.579. The van der Waals surface area contributed by atoms with Crippen LogP contribution >= 0.6 is 11.6 Å². The van der Waals surface area contributed by atoms with Gasteiger partial charge >= 0.3 is 11.8 Å². The Bertz CT molecular complexity index is 728. The molecule has 2 amide bonds. The summed E-state index contributed by atoms with van der Waals surface area (Å²) in [7, 11) is 4.01. The molecule has 0 aliphatic rings. The fourth-order valence-electron chi connectivity index (χ4n) is 2.40. The molecule has 0 saturated carbocycles. The minimum Gasteiger partial charge on any atom is -0.378 e. The van der Waals surface area contributed by atoms with Crippen molar-refractivity contribution in [2.45, 2.75) is 19.4 Å². The van der Waals surface area contributed by atoms with Gasteiger partial charge in [-0.1, -0.05) is 35.9 Å². The Morgan fingerprint density at radius 2 is 1.46 bits per heavy atom. The van der Waals surface area contributed by atoms with Crippen molar-refractivity contribution in [3.05, 3.63) is 64.7 Å². The van der Waals surface area contributed by atoms with Gasteiger partial charge in [0.15, 0.2) is 0 Å². The third kappa shape index (κ3) is 6.41. The highest BCUT2D eigenvalue weighted by molar-refractivity contribution is 6.35. The molecule has 5 nitrogen and oxygen atoms in total. The summed E-state index contributed by atoms with van der Waals surface area (Å²) in [6, 6.07) is 15.4. The summed E-state index contributed by atoms with van der Waals surface area (Å²) in [5.41, 5.74) is 3.24. The third-order valence-corrected chi connectivity index (χ3v) is 4.21. The van der Waals surface area contributed by atoms with Crippen molar-refractivity contribution < 1.29 is 9.59 Å². The standard InChI is InChI=1S/C20H24ClN3O2/c1-24(2)18-11-7-15(8-12-18)4-3-13-22-19(25)20(26)23-14-16-5-9-17(21)10-6-16/h5-12H,3-4,13-14H2,1-2H3,(H,22,25)(H,23,26). The predicted octanol–water partition coefficient (Wildman–Crippen LogP) is 2.77. The second kappa shape index (κ2) is 9.82. The molecule has 0 aliphatic carbocycles. The minimum absolute atomic E-state index is 0.293. The first-order chi connectivity index (χ1) is 12.5. The van der Waals surface area contributed by atoms with E-state index in [9.17, 15) is 9.59 Å². The fourth-order valence-corrected chi connectivity index (χ4v) is 2.53. The van der Waals surface area contributed by atoms with Crippen molar-refractivity contribution in [3.63, 3.8) is 0 Å². The van der Waals surface area contributed by atoms with Crippen LogP contribution in [-0.4, -0.2) is 32.5 Å². The van der Waals surface area contributed by atoms with Crippen LogP contribution in [0.1, 0.15) is 17.5 Å². The van der Waals surface area contributed by atoms with Crippen LogP contribution < -0.4 is 15.5 Å². The number of halogens is 1.